The van der Waals surface area contributed by atoms with Crippen LogP contribution in [0.4, 0.5) is 21.6 Å². The Balaban J connectivity index is 1.50. The van der Waals surface area contributed by atoms with Crippen molar-refractivity contribution < 1.29 is 4.39 Å². The SMILES string of the molecule is F[C@H]1CCN(c2cccc3cc(Nc4n[nH]c5cccnc45)ccc23)C1. The number of hydrogen-bond donors (Lipinski definition) is 2. The lowest BCUT2D eigenvalue weighted by Gasteiger charge is -2.20. The number of halogens is 1. The first-order chi connectivity index (χ1) is 12.8. The van der Waals surface area contributed by atoms with Crippen molar-refractivity contribution in [3.8, 4) is 0 Å². The van der Waals surface area contributed by atoms with Crippen molar-refractivity contribution in [2.24, 2.45) is 0 Å². The van der Waals surface area contributed by atoms with Crippen LogP contribution in [-0.4, -0.2) is 34.4 Å². The molecule has 1 aliphatic rings. The molecular formula is C20H18FN5. The van der Waals surface area contributed by atoms with Crippen LogP contribution in [0.1, 0.15) is 6.42 Å². The maximum atomic E-state index is 13.6. The molecule has 0 radical (unpaired) electrons. The van der Waals surface area contributed by atoms with E-state index in [4.69, 9.17) is 0 Å². The molecule has 0 bridgehead atoms. The molecule has 0 spiro atoms. The van der Waals surface area contributed by atoms with Crippen LogP contribution in [0.15, 0.2) is 54.7 Å². The van der Waals surface area contributed by atoms with Crippen molar-refractivity contribution in [3.63, 3.8) is 0 Å². The van der Waals surface area contributed by atoms with Gasteiger partial charge in [-0.3, -0.25) is 10.1 Å². The van der Waals surface area contributed by atoms with Gasteiger partial charge in [-0.15, -0.1) is 0 Å². The molecule has 2 aromatic carbocycles. The molecule has 6 heteroatoms. The minimum atomic E-state index is -0.730. The summed E-state index contributed by atoms with van der Waals surface area (Å²) in [4.78, 5) is 6.50. The summed E-state index contributed by atoms with van der Waals surface area (Å²) in [5.74, 6) is 0.705. The van der Waals surface area contributed by atoms with E-state index in [1.807, 2.05) is 24.3 Å². The zero-order valence-electron chi connectivity index (χ0n) is 14.1. The van der Waals surface area contributed by atoms with E-state index in [0.717, 1.165) is 39.7 Å². The Kier molecular flexibility index (Phi) is 3.48. The third kappa shape index (κ3) is 2.54. The number of aromatic nitrogens is 3. The van der Waals surface area contributed by atoms with E-state index >= 15 is 0 Å². The number of aromatic amines is 1. The standard InChI is InChI=1S/C20H18FN5/c21-14-8-10-26(12-14)18-5-1-3-13-11-15(6-7-16(13)18)23-20-19-17(24-25-20)4-2-9-22-19/h1-7,9,11,14H,8,10,12H2,(H2,23,24,25)/t14-/m0/s1. The number of nitrogens with zero attached hydrogens (tertiary/aromatic N) is 3. The largest absolute Gasteiger partial charge is 0.368 e. The van der Waals surface area contributed by atoms with Crippen molar-refractivity contribution in [2.75, 3.05) is 23.3 Å². The Labute approximate surface area is 149 Å². The zero-order chi connectivity index (χ0) is 17.5. The lowest BCUT2D eigenvalue weighted by atomic mass is 10.1. The molecule has 1 fully saturated rings. The van der Waals surface area contributed by atoms with E-state index in [0.29, 0.717) is 18.8 Å². The average Bonchev–Trinajstić information content (AvgIpc) is 3.28. The van der Waals surface area contributed by atoms with E-state index in [1.54, 1.807) is 6.20 Å². The summed E-state index contributed by atoms with van der Waals surface area (Å²) in [6.07, 6.45) is 1.63. The molecule has 5 nitrogen and oxygen atoms in total. The Morgan fingerprint density at radius 1 is 1.15 bits per heavy atom. The number of alkyl halides is 1. The molecule has 0 aliphatic carbocycles. The summed E-state index contributed by atoms with van der Waals surface area (Å²) in [6.45, 7) is 1.25. The zero-order valence-corrected chi connectivity index (χ0v) is 14.1. The predicted octanol–water partition coefficient (Wildman–Crippen LogP) is 4.40. The third-order valence-corrected chi connectivity index (χ3v) is 4.91. The van der Waals surface area contributed by atoms with Gasteiger partial charge in [0, 0.05) is 36.0 Å². The van der Waals surface area contributed by atoms with Gasteiger partial charge in [0.15, 0.2) is 5.82 Å². The van der Waals surface area contributed by atoms with E-state index in [9.17, 15) is 4.39 Å². The molecule has 1 saturated heterocycles. The van der Waals surface area contributed by atoms with Gasteiger partial charge in [0.2, 0.25) is 0 Å². The molecule has 1 aliphatic heterocycles. The highest BCUT2D eigenvalue weighted by Gasteiger charge is 2.23. The van der Waals surface area contributed by atoms with Crippen LogP contribution in [0, 0.1) is 0 Å². The summed E-state index contributed by atoms with van der Waals surface area (Å²) < 4.78 is 13.6. The number of fused-ring (bicyclic) bond motifs is 2. The Hall–Kier alpha value is -3.15. The summed E-state index contributed by atoms with van der Waals surface area (Å²) in [5.41, 5.74) is 3.75. The molecule has 3 heterocycles. The average molecular weight is 347 g/mol. The van der Waals surface area contributed by atoms with E-state index in [-0.39, 0.29) is 0 Å². The lowest BCUT2D eigenvalue weighted by Crippen LogP contribution is -2.20. The Morgan fingerprint density at radius 2 is 2.12 bits per heavy atom. The van der Waals surface area contributed by atoms with Crippen LogP contribution in [0.2, 0.25) is 0 Å². The van der Waals surface area contributed by atoms with Gasteiger partial charge in [-0.25, -0.2) is 4.39 Å². The number of benzene rings is 2. The molecule has 1 atom stereocenters. The van der Waals surface area contributed by atoms with Gasteiger partial charge >= 0.3 is 0 Å². The molecular weight excluding hydrogens is 329 g/mol. The number of anilines is 3. The summed E-state index contributed by atoms with van der Waals surface area (Å²) in [7, 11) is 0. The van der Waals surface area contributed by atoms with Gasteiger partial charge < -0.3 is 10.2 Å². The summed E-state index contributed by atoms with van der Waals surface area (Å²) >= 11 is 0. The smallest absolute Gasteiger partial charge is 0.178 e. The number of hydrogen-bond acceptors (Lipinski definition) is 4. The normalized spacial score (nSPS) is 17.3. The summed E-state index contributed by atoms with van der Waals surface area (Å²) in [6, 6.07) is 16.2. The molecule has 0 unspecified atom stereocenters. The predicted molar refractivity (Wildman–Crippen MR) is 103 cm³/mol. The fourth-order valence-electron chi connectivity index (χ4n) is 3.63. The van der Waals surface area contributed by atoms with Gasteiger partial charge in [0.25, 0.3) is 0 Å². The van der Waals surface area contributed by atoms with Crippen LogP contribution in [0.3, 0.4) is 0 Å². The highest BCUT2D eigenvalue weighted by atomic mass is 19.1. The molecule has 0 saturated carbocycles. The van der Waals surface area contributed by atoms with E-state index in [2.05, 4.69) is 49.7 Å². The van der Waals surface area contributed by atoms with Crippen molar-refractivity contribution in [1.82, 2.24) is 15.2 Å². The first-order valence-electron chi connectivity index (χ1n) is 8.76. The number of nitrogens with one attached hydrogen (secondary N) is 2. The van der Waals surface area contributed by atoms with Crippen LogP contribution in [0.25, 0.3) is 21.8 Å². The fourth-order valence-corrected chi connectivity index (χ4v) is 3.63. The highest BCUT2D eigenvalue weighted by molar-refractivity contribution is 5.97. The molecule has 5 rings (SSSR count). The maximum absolute atomic E-state index is 13.6. The molecule has 2 N–H and O–H groups in total. The van der Waals surface area contributed by atoms with E-state index in [1.165, 1.54) is 0 Å². The number of H-pyrrole nitrogens is 1. The fraction of sp³-hybridized carbons (Fsp3) is 0.200. The van der Waals surface area contributed by atoms with Crippen molar-refractivity contribution in [3.05, 3.63) is 54.7 Å². The second kappa shape index (κ2) is 5.98. The minimum Gasteiger partial charge on any atom is -0.368 e. The minimum absolute atomic E-state index is 0.476. The first kappa shape index (κ1) is 15.1. The summed E-state index contributed by atoms with van der Waals surface area (Å²) in [5, 5.41) is 12.9. The third-order valence-electron chi connectivity index (χ3n) is 4.91. The molecule has 4 aromatic rings. The van der Waals surface area contributed by atoms with Crippen LogP contribution < -0.4 is 10.2 Å². The van der Waals surface area contributed by atoms with Crippen molar-refractivity contribution >= 4 is 39.0 Å². The Bertz CT molecular complexity index is 1090. The topological polar surface area (TPSA) is 56.8 Å². The van der Waals surface area contributed by atoms with Crippen molar-refractivity contribution in [1.29, 1.82) is 0 Å². The monoisotopic (exact) mass is 347 g/mol. The van der Waals surface area contributed by atoms with Gasteiger partial charge in [-0.2, -0.15) is 5.10 Å². The molecule has 26 heavy (non-hydrogen) atoms. The van der Waals surface area contributed by atoms with Gasteiger partial charge in [-0.1, -0.05) is 18.2 Å². The van der Waals surface area contributed by atoms with Crippen LogP contribution >= 0.6 is 0 Å². The van der Waals surface area contributed by atoms with Gasteiger partial charge in [0.05, 0.1) is 5.52 Å². The maximum Gasteiger partial charge on any atom is 0.178 e. The van der Waals surface area contributed by atoms with Crippen molar-refractivity contribution in [2.45, 2.75) is 12.6 Å². The van der Waals surface area contributed by atoms with E-state index < -0.39 is 6.17 Å². The molecule has 0 amide bonds. The van der Waals surface area contributed by atoms with Gasteiger partial charge in [-0.05, 0) is 42.1 Å². The Morgan fingerprint density at radius 3 is 3.00 bits per heavy atom. The highest BCUT2D eigenvalue weighted by Crippen LogP contribution is 2.32. The lowest BCUT2D eigenvalue weighted by molar-refractivity contribution is 0.364. The number of pyridine rings is 1. The first-order valence-corrected chi connectivity index (χ1v) is 8.76. The van der Waals surface area contributed by atoms with Crippen LogP contribution in [0.5, 0.6) is 0 Å². The van der Waals surface area contributed by atoms with Gasteiger partial charge in [0.1, 0.15) is 11.7 Å². The second-order valence-electron chi connectivity index (χ2n) is 6.64. The second-order valence-corrected chi connectivity index (χ2v) is 6.64. The number of rotatable bonds is 3. The molecule has 2 aromatic heterocycles. The quantitative estimate of drug-likeness (QED) is 0.577. The van der Waals surface area contributed by atoms with Crippen LogP contribution in [-0.2, 0) is 0 Å². The molecule has 130 valence electrons.